The summed E-state index contributed by atoms with van der Waals surface area (Å²) < 4.78 is 5.28. The third-order valence-electron chi connectivity index (χ3n) is 2.28. The lowest BCUT2D eigenvalue weighted by Crippen LogP contribution is -1.94. The zero-order chi connectivity index (χ0) is 12.6. The van der Waals surface area contributed by atoms with Crippen LogP contribution in [0.15, 0.2) is 52.9 Å². The van der Waals surface area contributed by atoms with Crippen LogP contribution in [0.25, 0.3) is 0 Å². The van der Waals surface area contributed by atoms with E-state index in [0.29, 0.717) is 0 Å². The minimum absolute atomic E-state index is 0.826. The van der Waals surface area contributed by atoms with Crippen molar-refractivity contribution < 1.29 is 4.74 Å². The van der Waals surface area contributed by atoms with Crippen molar-refractivity contribution in [1.29, 1.82) is 0 Å². The van der Waals surface area contributed by atoms with E-state index in [1.807, 2.05) is 45.9 Å². The fraction of sp³-hybridized carbons (Fsp3) is 0.357. The van der Waals surface area contributed by atoms with Gasteiger partial charge in [-0.25, -0.2) is 0 Å². The van der Waals surface area contributed by atoms with Crippen molar-refractivity contribution in [2.24, 2.45) is 4.99 Å². The van der Waals surface area contributed by atoms with Crippen molar-refractivity contribution >= 4 is 5.71 Å². The molecule has 0 fully saturated rings. The van der Waals surface area contributed by atoms with Crippen LogP contribution in [0.4, 0.5) is 0 Å². The van der Waals surface area contributed by atoms with Gasteiger partial charge in [-0.1, -0.05) is 18.2 Å². The summed E-state index contributed by atoms with van der Waals surface area (Å²) in [4.78, 5) is 4.13. The monoisotopic (exact) mass is 219 g/mol. The molecule has 0 rings (SSSR count). The number of aliphatic imine (C=N–C) groups is 1. The highest BCUT2D eigenvalue weighted by Crippen LogP contribution is 2.09. The summed E-state index contributed by atoms with van der Waals surface area (Å²) in [6.45, 7) is 11.6. The van der Waals surface area contributed by atoms with Crippen LogP contribution in [-0.4, -0.2) is 12.8 Å². The molecular formula is C14H21NO. The average Bonchev–Trinajstić information content (AvgIpc) is 2.27. The van der Waals surface area contributed by atoms with Gasteiger partial charge in [0.2, 0.25) is 0 Å². The second-order valence-corrected chi connectivity index (χ2v) is 3.51. The van der Waals surface area contributed by atoms with E-state index in [-0.39, 0.29) is 0 Å². The molecule has 0 aliphatic carbocycles. The molecule has 88 valence electrons. The van der Waals surface area contributed by atoms with E-state index >= 15 is 0 Å². The Morgan fingerprint density at radius 2 is 1.81 bits per heavy atom. The quantitative estimate of drug-likeness (QED) is 0.388. The maximum Gasteiger partial charge on any atom is 0.119 e. The van der Waals surface area contributed by atoms with Gasteiger partial charge in [0, 0.05) is 11.9 Å². The summed E-state index contributed by atoms with van der Waals surface area (Å²) in [6.07, 6.45) is 7.53. The highest BCUT2D eigenvalue weighted by Gasteiger charge is 1.97. The van der Waals surface area contributed by atoms with E-state index < -0.39 is 0 Å². The molecule has 0 aromatic heterocycles. The Hall–Kier alpha value is -1.57. The SMILES string of the molecule is C=C/N=C(C)/C(C)=C/C(=C\C(C)=C/C)OC. The smallest absolute Gasteiger partial charge is 0.119 e. The van der Waals surface area contributed by atoms with Crippen molar-refractivity contribution in [3.8, 4) is 0 Å². The number of methoxy groups -OCH3 is 1. The van der Waals surface area contributed by atoms with E-state index in [0.717, 1.165) is 17.0 Å². The molecule has 0 atom stereocenters. The minimum atomic E-state index is 0.826. The van der Waals surface area contributed by atoms with Gasteiger partial charge in [0.15, 0.2) is 0 Å². The van der Waals surface area contributed by atoms with Crippen LogP contribution >= 0.6 is 0 Å². The third kappa shape index (κ3) is 5.35. The molecule has 0 aromatic rings. The van der Waals surface area contributed by atoms with Gasteiger partial charge in [0.25, 0.3) is 0 Å². The fourth-order valence-corrected chi connectivity index (χ4v) is 1.02. The molecule has 0 amide bonds. The first-order valence-corrected chi connectivity index (χ1v) is 5.27. The van der Waals surface area contributed by atoms with E-state index in [4.69, 9.17) is 4.74 Å². The van der Waals surface area contributed by atoms with Gasteiger partial charge in [-0.2, -0.15) is 0 Å². The predicted octanol–water partition coefficient (Wildman–Crippen LogP) is 4.03. The first-order chi connectivity index (χ1) is 7.54. The van der Waals surface area contributed by atoms with E-state index in [9.17, 15) is 0 Å². The summed E-state index contributed by atoms with van der Waals surface area (Å²) in [5.74, 6) is 0.826. The van der Waals surface area contributed by atoms with Crippen LogP contribution in [0.3, 0.4) is 0 Å². The number of rotatable bonds is 5. The van der Waals surface area contributed by atoms with Crippen molar-refractivity contribution in [3.05, 3.63) is 47.9 Å². The van der Waals surface area contributed by atoms with Gasteiger partial charge in [0.05, 0.1) is 7.11 Å². The molecule has 0 aliphatic heterocycles. The summed E-state index contributed by atoms with van der Waals surface area (Å²) in [5.41, 5.74) is 3.17. The lowest BCUT2D eigenvalue weighted by atomic mass is 10.1. The van der Waals surface area contributed by atoms with E-state index in [2.05, 4.69) is 11.6 Å². The van der Waals surface area contributed by atoms with Crippen molar-refractivity contribution in [2.45, 2.75) is 27.7 Å². The van der Waals surface area contributed by atoms with Crippen molar-refractivity contribution in [2.75, 3.05) is 7.11 Å². The lowest BCUT2D eigenvalue weighted by Gasteiger charge is -2.04. The molecule has 0 N–H and O–H groups in total. The van der Waals surface area contributed by atoms with Crippen molar-refractivity contribution in [3.63, 3.8) is 0 Å². The van der Waals surface area contributed by atoms with Gasteiger partial charge in [-0.15, -0.1) is 0 Å². The zero-order valence-electron chi connectivity index (χ0n) is 10.9. The number of allylic oxidation sites excluding steroid dienone is 5. The van der Waals surface area contributed by atoms with Gasteiger partial charge in [0.1, 0.15) is 5.76 Å². The molecule has 0 saturated carbocycles. The van der Waals surface area contributed by atoms with Crippen LogP contribution in [-0.2, 0) is 4.74 Å². The predicted molar refractivity (Wildman–Crippen MR) is 71.6 cm³/mol. The van der Waals surface area contributed by atoms with Crippen LogP contribution < -0.4 is 0 Å². The van der Waals surface area contributed by atoms with Gasteiger partial charge in [-0.3, -0.25) is 4.99 Å². The Balaban J connectivity index is 5.03. The van der Waals surface area contributed by atoms with E-state index in [1.165, 1.54) is 5.57 Å². The van der Waals surface area contributed by atoms with Crippen LogP contribution in [0.1, 0.15) is 27.7 Å². The molecule has 0 saturated heterocycles. The summed E-state index contributed by atoms with van der Waals surface area (Å²) in [5, 5.41) is 0. The van der Waals surface area contributed by atoms with Crippen LogP contribution in [0, 0.1) is 0 Å². The normalized spacial score (nSPS) is 15.1. The third-order valence-corrected chi connectivity index (χ3v) is 2.28. The molecule has 16 heavy (non-hydrogen) atoms. The lowest BCUT2D eigenvalue weighted by molar-refractivity contribution is 0.306. The summed E-state index contributed by atoms with van der Waals surface area (Å²) in [6, 6.07) is 0. The number of nitrogens with zero attached hydrogens (tertiary/aromatic N) is 1. The van der Waals surface area contributed by atoms with Crippen molar-refractivity contribution in [1.82, 2.24) is 0 Å². The summed E-state index contributed by atoms with van der Waals surface area (Å²) in [7, 11) is 1.67. The highest BCUT2D eigenvalue weighted by molar-refractivity contribution is 5.98. The maximum atomic E-state index is 5.28. The molecule has 0 unspecified atom stereocenters. The number of hydrogen-bond acceptors (Lipinski definition) is 2. The Morgan fingerprint density at radius 1 is 1.19 bits per heavy atom. The largest absolute Gasteiger partial charge is 0.497 e. The Morgan fingerprint density at radius 3 is 2.25 bits per heavy atom. The van der Waals surface area contributed by atoms with Gasteiger partial charge < -0.3 is 4.74 Å². The Bertz CT molecular complexity index is 357. The topological polar surface area (TPSA) is 21.6 Å². The Labute approximate surface area is 98.7 Å². The average molecular weight is 219 g/mol. The first-order valence-electron chi connectivity index (χ1n) is 5.27. The fourth-order valence-electron chi connectivity index (χ4n) is 1.02. The van der Waals surface area contributed by atoms with Crippen LogP contribution in [0.2, 0.25) is 0 Å². The summed E-state index contributed by atoms with van der Waals surface area (Å²) >= 11 is 0. The van der Waals surface area contributed by atoms with E-state index in [1.54, 1.807) is 13.3 Å². The Kier molecular flexibility index (Phi) is 6.93. The molecule has 0 heterocycles. The van der Waals surface area contributed by atoms with Gasteiger partial charge >= 0.3 is 0 Å². The minimum Gasteiger partial charge on any atom is -0.497 e. The molecule has 2 nitrogen and oxygen atoms in total. The molecule has 0 radical (unpaired) electrons. The molecule has 0 aliphatic rings. The second kappa shape index (κ2) is 7.69. The molecular weight excluding hydrogens is 198 g/mol. The molecule has 0 bridgehead atoms. The van der Waals surface area contributed by atoms with Gasteiger partial charge in [-0.05, 0) is 45.4 Å². The highest BCUT2D eigenvalue weighted by atomic mass is 16.5. The maximum absolute atomic E-state index is 5.28. The molecule has 0 aromatic carbocycles. The standard InChI is InChI=1S/C14H21NO/c1-7-11(3)9-14(16-6)10-12(4)13(5)15-8-2/h7-10H,2H2,1,3-6H3/b11-7-,12-10+,14-9+,15-13+. The first kappa shape index (κ1) is 14.4. The molecule has 0 spiro atoms. The molecule has 2 heteroatoms. The zero-order valence-corrected chi connectivity index (χ0v) is 10.9. The number of hydrogen-bond donors (Lipinski definition) is 0. The second-order valence-electron chi connectivity index (χ2n) is 3.51. The van der Waals surface area contributed by atoms with Crippen LogP contribution in [0.5, 0.6) is 0 Å². The number of ether oxygens (including phenoxy) is 1.